The molecule has 180 valence electrons. The summed E-state index contributed by atoms with van der Waals surface area (Å²) in [7, 11) is 1.52. The molecule has 36 heavy (non-hydrogen) atoms. The highest BCUT2D eigenvalue weighted by molar-refractivity contribution is 6.45. The van der Waals surface area contributed by atoms with Crippen molar-refractivity contribution >= 4 is 39.2 Å². The van der Waals surface area contributed by atoms with Crippen molar-refractivity contribution < 1.29 is 14.3 Å². The minimum absolute atomic E-state index is 0.246. The molecule has 0 aliphatic carbocycles. The van der Waals surface area contributed by atoms with Crippen molar-refractivity contribution in [2.24, 2.45) is 0 Å². The highest BCUT2D eigenvalue weighted by Crippen LogP contribution is 2.35. The Morgan fingerprint density at radius 1 is 1.03 bits per heavy atom. The third-order valence-electron chi connectivity index (χ3n) is 6.56. The average molecular weight is 483 g/mol. The van der Waals surface area contributed by atoms with Crippen molar-refractivity contribution in [3.8, 4) is 17.1 Å². The summed E-state index contributed by atoms with van der Waals surface area (Å²) in [5.41, 5.74) is 1.48. The highest BCUT2D eigenvalue weighted by atomic mass is 16.5. The molecule has 0 unspecified atom stereocenters. The fourth-order valence-electron chi connectivity index (χ4n) is 4.76. The number of tetrazole rings is 1. The molecular weight excluding hydrogens is 460 g/mol. The van der Waals surface area contributed by atoms with Gasteiger partial charge in [0.15, 0.2) is 0 Å². The lowest BCUT2D eigenvalue weighted by Crippen LogP contribution is -2.50. The molecule has 1 aliphatic heterocycles. The SMILES string of the molecule is COc1ccc(-c2nn[nH]n2)c2[nH]cc(C(=O)C(=O)N3CCN(c4nccc5ccccc45)CC3)c12. The number of anilines is 1. The molecule has 0 saturated carbocycles. The predicted octanol–water partition coefficient (Wildman–Crippen LogP) is 2.44. The van der Waals surface area contributed by atoms with Gasteiger partial charge in [-0.25, -0.2) is 4.98 Å². The maximum atomic E-state index is 13.4. The number of nitrogens with zero attached hydrogens (tertiary/aromatic N) is 6. The number of Topliss-reactive ketones (excluding diaryl/α,β-unsaturated/α-hetero) is 1. The number of hydrogen-bond acceptors (Lipinski definition) is 8. The van der Waals surface area contributed by atoms with Crippen LogP contribution in [0.3, 0.4) is 0 Å². The number of ketones is 1. The van der Waals surface area contributed by atoms with Crippen molar-refractivity contribution in [2.75, 3.05) is 38.2 Å². The summed E-state index contributed by atoms with van der Waals surface area (Å²) in [6.45, 7) is 2.00. The van der Waals surface area contributed by atoms with Crippen LogP contribution in [0.25, 0.3) is 33.1 Å². The van der Waals surface area contributed by atoms with Gasteiger partial charge >= 0.3 is 0 Å². The van der Waals surface area contributed by atoms with Crippen LogP contribution in [-0.4, -0.2) is 80.5 Å². The van der Waals surface area contributed by atoms with E-state index in [-0.39, 0.29) is 5.56 Å². The van der Waals surface area contributed by atoms with Crippen LogP contribution < -0.4 is 9.64 Å². The van der Waals surface area contributed by atoms with E-state index in [1.807, 2.05) is 24.3 Å². The molecule has 3 aromatic heterocycles. The van der Waals surface area contributed by atoms with Gasteiger partial charge in [-0.2, -0.15) is 5.21 Å². The van der Waals surface area contributed by atoms with E-state index < -0.39 is 11.7 Å². The van der Waals surface area contributed by atoms with E-state index in [1.165, 1.54) is 13.3 Å². The standard InChI is InChI=1S/C25H22N8O3/c1-36-19-7-6-17(23-28-30-31-29-23)21-20(19)18(14-27-21)22(34)25(35)33-12-10-32(11-13-33)24-16-5-3-2-4-15(16)8-9-26-24/h2-9,14,27H,10-13H2,1H3,(H,28,29,30,31). The number of hydrogen-bond donors (Lipinski definition) is 2. The molecule has 1 saturated heterocycles. The quantitative estimate of drug-likeness (QED) is 0.288. The van der Waals surface area contributed by atoms with E-state index >= 15 is 0 Å². The fraction of sp³-hybridized carbons (Fsp3) is 0.200. The molecule has 0 bridgehead atoms. The first-order chi connectivity index (χ1) is 17.7. The lowest BCUT2D eigenvalue weighted by molar-refractivity contribution is -0.126. The Labute approximate surface area is 205 Å². The number of benzene rings is 2. The number of piperazine rings is 1. The monoisotopic (exact) mass is 482 g/mol. The Morgan fingerprint density at radius 3 is 2.64 bits per heavy atom. The second-order valence-corrected chi connectivity index (χ2v) is 8.47. The Hall–Kier alpha value is -4.80. The van der Waals surface area contributed by atoms with Crippen LogP contribution in [0.1, 0.15) is 10.4 Å². The second kappa shape index (κ2) is 8.77. The van der Waals surface area contributed by atoms with E-state index in [9.17, 15) is 9.59 Å². The number of carbonyl (C=O) groups is 2. The van der Waals surface area contributed by atoms with E-state index in [0.717, 1.165) is 16.6 Å². The van der Waals surface area contributed by atoms with Crippen molar-refractivity contribution in [1.29, 1.82) is 0 Å². The number of pyridine rings is 1. The van der Waals surface area contributed by atoms with E-state index in [0.29, 0.717) is 54.2 Å². The summed E-state index contributed by atoms with van der Waals surface area (Å²) in [5, 5.41) is 16.8. The number of carbonyl (C=O) groups excluding carboxylic acids is 2. The molecule has 0 spiro atoms. The molecule has 1 aliphatic rings. The van der Waals surface area contributed by atoms with Gasteiger partial charge in [-0.1, -0.05) is 24.3 Å². The van der Waals surface area contributed by atoms with E-state index in [2.05, 4.69) is 41.6 Å². The van der Waals surface area contributed by atoms with Crippen molar-refractivity contribution in [2.45, 2.75) is 0 Å². The second-order valence-electron chi connectivity index (χ2n) is 8.47. The molecular formula is C25H22N8O3. The predicted molar refractivity (Wildman–Crippen MR) is 133 cm³/mol. The highest BCUT2D eigenvalue weighted by Gasteiger charge is 2.30. The number of methoxy groups -OCH3 is 1. The van der Waals surface area contributed by atoms with Crippen LogP contribution in [0, 0.1) is 0 Å². The molecule has 11 heteroatoms. The first kappa shape index (κ1) is 21.7. The lowest BCUT2D eigenvalue weighted by Gasteiger charge is -2.35. The molecule has 5 aromatic rings. The molecule has 11 nitrogen and oxygen atoms in total. The molecule has 0 atom stereocenters. The first-order valence-electron chi connectivity index (χ1n) is 11.5. The smallest absolute Gasteiger partial charge is 0.295 e. The largest absolute Gasteiger partial charge is 0.496 e. The topological polar surface area (TPSA) is 133 Å². The van der Waals surface area contributed by atoms with Crippen molar-refractivity contribution in [1.82, 2.24) is 35.5 Å². The van der Waals surface area contributed by atoms with Crippen LogP contribution in [0.5, 0.6) is 5.75 Å². The number of aromatic amines is 2. The lowest BCUT2D eigenvalue weighted by atomic mass is 10.0. The summed E-state index contributed by atoms with van der Waals surface area (Å²) < 4.78 is 5.50. The van der Waals surface area contributed by atoms with Gasteiger partial charge in [0.1, 0.15) is 11.6 Å². The molecule has 4 heterocycles. The molecule has 1 fully saturated rings. The first-order valence-corrected chi connectivity index (χ1v) is 11.5. The van der Waals surface area contributed by atoms with Gasteiger partial charge in [0.2, 0.25) is 5.82 Å². The molecule has 1 amide bonds. The number of ether oxygens (including phenoxy) is 1. The summed E-state index contributed by atoms with van der Waals surface area (Å²) in [6.07, 6.45) is 3.33. The maximum Gasteiger partial charge on any atom is 0.295 e. The zero-order valence-corrected chi connectivity index (χ0v) is 19.4. The van der Waals surface area contributed by atoms with Gasteiger partial charge in [-0.15, -0.1) is 10.2 Å². The van der Waals surface area contributed by atoms with Crippen LogP contribution >= 0.6 is 0 Å². The van der Waals surface area contributed by atoms with E-state index in [1.54, 1.807) is 23.2 Å². The molecule has 6 rings (SSSR count). The number of aromatic nitrogens is 6. The number of nitrogens with one attached hydrogen (secondary N) is 2. The van der Waals surface area contributed by atoms with Gasteiger partial charge in [-0.3, -0.25) is 9.59 Å². The number of fused-ring (bicyclic) bond motifs is 2. The van der Waals surface area contributed by atoms with Gasteiger partial charge < -0.3 is 19.5 Å². The maximum absolute atomic E-state index is 13.4. The summed E-state index contributed by atoms with van der Waals surface area (Å²) in [6, 6.07) is 13.6. The Morgan fingerprint density at radius 2 is 1.86 bits per heavy atom. The average Bonchev–Trinajstić information content (AvgIpc) is 3.63. The van der Waals surface area contributed by atoms with Gasteiger partial charge in [0, 0.05) is 49.5 Å². The van der Waals surface area contributed by atoms with Crippen molar-refractivity contribution in [3.63, 3.8) is 0 Å². The molecule has 2 aromatic carbocycles. The third kappa shape index (κ3) is 3.52. The fourth-order valence-corrected chi connectivity index (χ4v) is 4.76. The Balaban J connectivity index is 1.25. The van der Waals surface area contributed by atoms with Crippen LogP contribution in [0.15, 0.2) is 54.9 Å². The van der Waals surface area contributed by atoms with Crippen LogP contribution in [-0.2, 0) is 4.79 Å². The van der Waals surface area contributed by atoms with E-state index in [4.69, 9.17) is 4.74 Å². The zero-order valence-electron chi connectivity index (χ0n) is 19.4. The normalized spacial score (nSPS) is 13.9. The van der Waals surface area contributed by atoms with Crippen LogP contribution in [0.4, 0.5) is 5.82 Å². The van der Waals surface area contributed by atoms with Gasteiger partial charge in [0.25, 0.3) is 11.7 Å². The summed E-state index contributed by atoms with van der Waals surface area (Å²) >= 11 is 0. The zero-order chi connectivity index (χ0) is 24.6. The van der Waals surface area contributed by atoms with Gasteiger partial charge in [-0.05, 0) is 28.8 Å². The molecule has 2 N–H and O–H groups in total. The Bertz CT molecular complexity index is 1580. The van der Waals surface area contributed by atoms with Crippen LogP contribution in [0.2, 0.25) is 0 Å². The number of H-pyrrole nitrogens is 2. The molecule has 0 radical (unpaired) electrons. The minimum atomic E-state index is -0.596. The summed E-state index contributed by atoms with van der Waals surface area (Å²) in [4.78, 5) is 38.1. The number of rotatable bonds is 5. The minimum Gasteiger partial charge on any atom is -0.496 e. The summed E-state index contributed by atoms with van der Waals surface area (Å²) in [5.74, 6) is 0.589. The van der Waals surface area contributed by atoms with Crippen molar-refractivity contribution in [3.05, 3.63) is 60.4 Å². The Kier molecular flexibility index (Phi) is 5.29. The number of amides is 1. The third-order valence-corrected chi connectivity index (χ3v) is 6.56. The van der Waals surface area contributed by atoms with Gasteiger partial charge in [0.05, 0.1) is 23.6 Å².